The second kappa shape index (κ2) is 7.69. The number of methoxy groups -OCH3 is 1. The molecule has 2 aromatic rings. The minimum Gasteiger partial charge on any atom is -0.482 e. The summed E-state index contributed by atoms with van der Waals surface area (Å²) in [7, 11) is 1.31. The first-order valence-corrected chi connectivity index (χ1v) is 8.06. The number of nitrogens with one attached hydrogen (secondary N) is 2. The molecule has 7 heteroatoms. The maximum absolute atomic E-state index is 12.6. The van der Waals surface area contributed by atoms with E-state index in [1.54, 1.807) is 18.2 Å². The molecule has 0 unspecified atom stereocenters. The first-order valence-electron chi connectivity index (χ1n) is 8.06. The molecule has 2 N–H and O–H groups in total. The van der Waals surface area contributed by atoms with Crippen molar-refractivity contribution in [2.45, 2.75) is 12.5 Å². The molecule has 3 rings (SSSR count). The van der Waals surface area contributed by atoms with E-state index in [2.05, 4.69) is 10.6 Å². The highest BCUT2D eigenvalue weighted by molar-refractivity contribution is 5.99. The van der Waals surface area contributed by atoms with Gasteiger partial charge in [-0.3, -0.25) is 14.4 Å². The SMILES string of the molecule is COC(=O)C[C@@H](NC(=O)c1ccc2c(c1)OCC(=O)N2)c1ccccc1. The van der Waals surface area contributed by atoms with Gasteiger partial charge in [0, 0.05) is 5.56 Å². The summed E-state index contributed by atoms with van der Waals surface area (Å²) in [5.74, 6) is -0.583. The molecule has 1 atom stereocenters. The molecule has 1 aliphatic rings. The Morgan fingerprint density at radius 1 is 1.23 bits per heavy atom. The summed E-state index contributed by atoms with van der Waals surface area (Å²) in [6, 6.07) is 13.4. The summed E-state index contributed by atoms with van der Waals surface area (Å²) in [6.07, 6.45) is 0.0176. The van der Waals surface area contributed by atoms with Crippen molar-refractivity contribution in [1.82, 2.24) is 5.32 Å². The van der Waals surface area contributed by atoms with Crippen LogP contribution in [-0.4, -0.2) is 31.5 Å². The van der Waals surface area contributed by atoms with Gasteiger partial charge in [0.15, 0.2) is 6.61 Å². The molecular weight excluding hydrogens is 336 g/mol. The number of esters is 1. The van der Waals surface area contributed by atoms with Crippen LogP contribution in [-0.2, 0) is 14.3 Å². The van der Waals surface area contributed by atoms with Crippen LogP contribution in [0.3, 0.4) is 0 Å². The van der Waals surface area contributed by atoms with Crippen molar-refractivity contribution in [2.75, 3.05) is 19.0 Å². The number of amides is 2. The Kier molecular flexibility index (Phi) is 5.17. The molecule has 2 amide bonds. The van der Waals surface area contributed by atoms with Gasteiger partial charge in [0.25, 0.3) is 11.8 Å². The molecular formula is C19H18N2O5. The Balaban J connectivity index is 1.79. The average molecular weight is 354 g/mol. The van der Waals surface area contributed by atoms with Crippen molar-refractivity contribution in [3.05, 3.63) is 59.7 Å². The van der Waals surface area contributed by atoms with Crippen LogP contribution in [0.5, 0.6) is 5.75 Å². The molecule has 0 saturated carbocycles. The summed E-state index contributed by atoms with van der Waals surface area (Å²) in [5, 5.41) is 5.52. The second-order valence-electron chi connectivity index (χ2n) is 5.76. The number of fused-ring (bicyclic) bond motifs is 1. The van der Waals surface area contributed by atoms with Gasteiger partial charge >= 0.3 is 5.97 Å². The zero-order valence-corrected chi connectivity index (χ0v) is 14.2. The Morgan fingerprint density at radius 2 is 2.00 bits per heavy atom. The molecule has 0 bridgehead atoms. The summed E-state index contributed by atoms with van der Waals surface area (Å²) in [5.41, 5.74) is 1.69. The predicted molar refractivity (Wildman–Crippen MR) is 93.8 cm³/mol. The van der Waals surface area contributed by atoms with Gasteiger partial charge in [0.2, 0.25) is 0 Å². The fourth-order valence-corrected chi connectivity index (χ4v) is 2.64. The molecule has 0 spiro atoms. The third-order valence-electron chi connectivity index (χ3n) is 3.98. The van der Waals surface area contributed by atoms with E-state index in [-0.39, 0.29) is 24.8 Å². The molecule has 0 radical (unpaired) electrons. The Bertz CT molecular complexity index is 835. The topological polar surface area (TPSA) is 93.7 Å². The summed E-state index contributed by atoms with van der Waals surface area (Å²) in [4.78, 5) is 35.7. The number of carbonyl (C=O) groups is 3. The lowest BCUT2D eigenvalue weighted by molar-refractivity contribution is -0.141. The lowest BCUT2D eigenvalue weighted by Gasteiger charge is -2.20. The number of ether oxygens (including phenoxy) is 2. The van der Waals surface area contributed by atoms with E-state index in [0.717, 1.165) is 5.56 Å². The fourth-order valence-electron chi connectivity index (χ4n) is 2.64. The van der Waals surface area contributed by atoms with Crippen molar-refractivity contribution in [3.8, 4) is 5.75 Å². The van der Waals surface area contributed by atoms with Gasteiger partial charge in [-0.15, -0.1) is 0 Å². The summed E-state index contributed by atoms with van der Waals surface area (Å²) < 4.78 is 10.1. The minimum absolute atomic E-state index is 0.0176. The van der Waals surface area contributed by atoms with Crippen LogP contribution in [0.1, 0.15) is 28.4 Å². The minimum atomic E-state index is -0.521. The first-order chi connectivity index (χ1) is 12.6. The molecule has 2 aromatic carbocycles. The Hall–Kier alpha value is -3.35. The smallest absolute Gasteiger partial charge is 0.307 e. The van der Waals surface area contributed by atoms with Crippen LogP contribution in [0.25, 0.3) is 0 Å². The average Bonchev–Trinajstić information content (AvgIpc) is 2.67. The number of hydrogen-bond acceptors (Lipinski definition) is 5. The highest BCUT2D eigenvalue weighted by Gasteiger charge is 2.22. The van der Waals surface area contributed by atoms with Gasteiger partial charge in [-0.1, -0.05) is 30.3 Å². The van der Waals surface area contributed by atoms with Gasteiger partial charge < -0.3 is 20.1 Å². The van der Waals surface area contributed by atoms with Crippen LogP contribution < -0.4 is 15.4 Å². The highest BCUT2D eigenvalue weighted by atomic mass is 16.5. The van der Waals surface area contributed by atoms with E-state index in [1.807, 2.05) is 30.3 Å². The monoisotopic (exact) mass is 354 g/mol. The largest absolute Gasteiger partial charge is 0.482 e. The summed E-state index contributed by atoms with van der Waals surface area (Å²) >= 11 is 0. The van der Waals surface area contributed by atoms with Crippen molar-refractivity contribution < 1.29 is 23.9 Å². The number of carbonyl (C=O) groups excluding carboxylic acids is 3. The molecule has 0 saturated heterocycles. The fraction of sp³-hybridized carbons (Fsp3) is 0.211. The van der Waals surface area contributed by atoms with Gasteiger partial charge in [-0.05, 0) is 23.8 Å². The van der Waals surface area contributed by atoms with Gasteiger partial charge in [-0.25, -0.2) is 0 Å². The quantitative estimate of drug-likeness (QED) is 0.802. The molecule has 1 heterocycles. The molecule has 0 aliphatic carbocycles. The number of anilines is 1. The Labute approximate surface area is 150 Å². The highest BCUT2D eigenvalue weighted by Crippen LogP contribution is 2.29. The van der Waals surface area contributed by atoms with Gasteiger partial charge in [0.05, 0.1) is 25.3 Å². The van der Waals surface area contributed by atoms with Crippen LogP contribution >= 0.6 is 0 Å². The van der Waals surface area contributed by atoms with Gasteiger partial charge in [-0.2, -0.15) is 0 Å². The van der Waals surface area contributed by atoms with Crippen LogP contribution in [0.4, 0.5) is 5.69 Å². The standard InChI is InChI=1S/C19H18N2O5/c1-25-18(23)10-15(12-5-3-2-4-6-12)21-19(24)13-7-8-14-16(9-13)26-11-17(22)20-14/h2-9,15H,10-11H2,1H3,(H,20,22)(H,21,24)/t15-/m1/s1. The maximum atomic E-state index is 12.6. The summed E-state index contributed by atoms with van der Waals surface area (Å²) in [6.45, 7) is -0.0902. The molecule has 1 aliphatic heterocycles. The van der Waals surface area contributed by atoms with Crippen molar-refractivity contribution in [1.29, 1.82) is 0 Å². The molecule has 26 heavy (non-hydrogen) atoms. The molecule has 0 aromatic heterocycles. The van der Waals surface area contributed by atoms with Crippen LogP contribution in [0.15, 0.2) is 48.5 Å². The number of hydrogen-bond donors (Lipinski definition) is 2. The molecule has 134 valence electrons. The van der Waals surface area contributed by atoms with Crippen LogP contribution in [0.2, 0.25) is 0 Å². The normalized spacial score (nSPS) is 13.7. The molecule has 7 nitrogen and oxygen atoms in total. The van der Waals surface area contributed by atoms with Crippen molar-refractivity contribution >= 4 is 23.5 Å². The predicted octanol–water partition coefficient (Wildman–Crippen LogP) is 2.05. The third-order valence-corrected chi connectivity index (χ3v) is 3.98. The Morgan fingerprint density at radius 3 is 2.73 bits per heavy atom. The lowest BCUT2D eigenvalue weighted by Crippen LogP contribution is -2.31. The van der Waals surface area contributed by atoms with E-state index < -0.39 is 12.0 Å². The van der Waals surface area contributed by atoms with E-state index in [0.29, 0.717) is 17.0 Å². The lowest BCUT2D eigenvalue weighted by atomic mass is 10.0. The zero-order chi connectivity index (χ0) is 18.5. The number of benzene rings is 2. The van der Waals surface area contributed by atoms with Crippen LogP contribution in [0, 0.1) is 0 Å². The van der Waals surface area contributed by atoms with E-state index in [1.165, 1.54) is 7.11 Å². The third kappa shape index (κ3) is 4.00. The zero-order valence-electron chi connectivity index (χ0n) is 14.2. The number of rotatable bonds is 5. The van der Waals surface area contributed by atoms with E-state index in [9.17, 15) is 14.4 Å². The van der Waals surface area contributed by atoms with Crippen molar-refractivity contribution in [2.24, 2.45) is 0 Å². The maximum Gasteiger partial charge on any atom is 0.307 e. The van der Waals surface area contributed by atoms with E-state index in [4.69, 9.17) is 9.47 Å². The molecule has 0 fully saturated rings. The van der Waals surface area contributed by atoms with Crippen molar-refractivity contribution in [3.63, 3.8) is 0 Å². The second-order valence-corrected chi connectivity index (χ2v) is 5.76. The first kappa shape index (κ1) is 17.5. The van der Waals surface area contributed by atoms with E-state index >= 15 is 0 Å². The van der Waals surface area contributed by atoms with Gasteiger partial charge in [0.1, 0.15) is 5.75 Å².